The number of rotatable bonds is 4. The number of carbonyl (C=O) groups excluding carboxylic acids is 2. The Morgan fingerprint density at radius 1 is 1.61 bits per heavy atom. The van der Waals surface area contributed by atoms with E-state index in [4.69, 9.17) is 0 Å². The predicted molar refractivity (Wildman–Crippen MR) is 64.4 cm³/mol. The van der Waals surface area contributed by atoms with Gasteiger partial charge in [0.25, 0.3) is 0 Å². The summed E-state index contributed by atoms with van der Waals surface area (Å²) in [6.45, 7) is 1.99. The fraction of sp³-hybridized carbons (Fsp3) is 0.545. The van der Waals surface area contributed by atoms with Gasteiger partial charge in [-0.3, -0.25) is 9.69 Å². The number of carbonyl (C=O) groups is 2. The molecule has 0 atom stereocenters. The molecule has 1 aliphatic rings. The Hall–Kier alpha value is -2.05. The minimum atomic E-state index is -0.455. The lowest BCUT2D eigenvalue weighted by atomic mass is 10.2. The Kier molecular flexibility index (Phi) is 3.81. The van der Waals surface area contributed by atoms with Crippen molar-refractivity contribution in [2.75, 3.05) is 25.1 Å². The van der Waals surface area contributed by atoms with Gasteiger partial charge in [0.05, 0.1) is 13.3 Å². The van der Waals surface area contributed by atoms with Gasteiger partial charge >= 0.3 is 6.09 Å². The number of aromatic nitrogens is 2. The van der Waals surface area contributed by atoms with E-state index in [1.807, 2.05) is 4.68 Å². The van der Waals surface area contributed by atoms with Gasteiger partial charge in [-0.2, -0.15) is 5.10 Å². The number of anilines is 1. The average Bonchev–Trinajstić information content (AvgIpc) is 2.82. The van der Waals surface area contributed by atoms with Crippen molar-refractivity contribution < 1.29 is 14.3 Å². The summed E-state index contributed by atoms with van der Waals surface area (Å²) >= 11 is 0. The van der Waals surface area contributed by atoms with Gasteiger partial charge in [0.1, 0.15) is 5.82 Å². The zero-order valence-electron chi connectivity index (χ0n) is 10.3. The van der Waals surface area contributed by atoms with Crippen molar-refractivity contribution in [1.29, 1.82) is 0 Å². The van der Waals surface area contributed by atoms with Gasteiger partial charge < -0.3 is 10.1 Å². The zero-order valence-corrected chi connectivity index (χ0v) is 10.3. The molecule has 0 fully saturated rings. The molecule has 0 saturated heterocycles. The summed E-state index contributed by atoms with van der Waals surface area (Å²) in [6.07, 6.45) is 3.64. The molecule has 0 radical (unpaired) electrons. The molecule has 1 N–H and O–H groups in total. The van der Waals surface area contributed by atoms with Crippen LogP contribution in [0.15, 0.2) is 6.20 Å². The van der Waals surface area contributed by atoms with Crippen LogP contribution in [-0.4, -0.2) is 42.5 Å². The highest BCUT2D eigenvalue weighted by Gasteiger charge is 2.21. The molecule has 0 aromatic carbocycles. The zero-order chi connectivity index (χ0) is 13.0. The predicted octanol–water partition coefficient (Wildman–Crippen LogP) is 0.148. The van der Waals surface area contributed by atoms with E-state index in [0.717, 1.165) is 30.8 Å². The van der Waals surface area contributed by atoms with Crippen molar-refractivity contribution in [2.24, 2.45) is 0 Å². The van der Waals surface area contributed by atoms with Crippen molar-refractivity contribution in [3.63, 3.8) is 0 Å². The quantitative estimate of drug-likeness (QED) is 0.774. The Morgan fingerprint density at radius 3 is 3.17 bits per heavy atom. The van der Waals surface area contributed by atoms with E-state index >= 15 is 0 Å². The van der Waals surface area contributed by atoms with E-state index in [1.165, 1.54) is 7.11 Å². The van der Waals surface area contributed by atoms with E-state index < -0.39 is 6.09 Å². The summed E-state index contributed by atoms with van der Waals surface area (Å²) in [4.78, 5) is 23.6. The van der Waals surface area contributed by atoms with Crippen molar-refractivity contribution >= 4 is 18.3 Å². The van der Waals surface area contributed by atoms with Crippen molar-refractivity contribution in [2.45, 2.75) is 19.4 Å². The number of hydrogen-bond donors (Lipinski definition) is 1. The smallest absolute Gasteiger partial charge is 0.406 e. The lowest BCUT2D eigenvalue weighted by molar-refractivity contribution is -0.107. The van der Waals surface area contributed by atoms with Crippen LogP contribution in [-0.2, 0) is 22.5 Å². The number of fused-ring (bicyclic) bond motifs is 1. The molecule has 2 amide bonds. The van der Waals surface area contributed by atoms with E-state index in [0.29, 0.717) is 19.5 Å². The fourth-order valence-corrected chi connectivity index (χ4v) is 2.06. The third kappa shape index (κ3) is 2.44. The minimum absolute atomic E-state index is 0.455. The number of nitrogens with one attached hydrogen (secondary N) is 1. The van der Waals surface area contributed by atoms with E-state index in [-0.39, 0.29) is 0 Å². The third-order valence-corrected chi connectivity index (χ3v) is 2.90. The lowest BCUT2D eigenvalue weighted by Crippen LogP contribution is -2.32. The topological polar surface area (TPSA) is 76.5 Å². The van der Waals surface area contributed by atoms with Crippen LogP contribution in [0, 0.1) is 0 Å². The maximum atomic E-state index is 11.0. The number of amides is 2. The summed E-state index contributed by atoms with van der Waals surface area (Å²) in [5.74, 6) is 0.836. The van der Waals surface area contributed by atoms with E-state index in [9.17, 15) is 9.59 Å². The van der Waals surface area contributed by atoms with Gasteiger partial charge in [0, 0.05) is 25.2 Å². The number of nitrogens with zero attached hydrogens (tertiary/aromatic N) is 3. The van der Waals surface area contributed by atoms with Gasteiger partial charge in [-0.25, -0.2) is 9.48 Å². The first-order chi connectivity index (χ1) is 8.76. The minimum Gasteiger partial charge on any atom is -0.453 e. The maximum absolute atomic E-state index is 11.0. The largest absolute Gasteiger partial charge is 0.453 e. The molecule has 2 rings (SSSR count). The van der Waals surface area contributed by atoms with Gasteiger partial charge in [-0.05, 0) is 12.8 Å². The lowest BCUT2D eigenvalue weighted by Gasteiger charge is -2.25. The van der Waals surface area contributed by atoms with Crippen LogP contribution in [0.25, 0.3) is 0 Å². The number of methoxy groups -OCH3 is 1. The van der Waals surface area contributed by atoms with Gasteiger partial charge in [0.2, 0.25) is 6.41 Å². The second kappa shape index (κ2) is 5.52. The molecular formula is C11H16N4O3. The molecule has 0 spiro atoms. The summed E-state index contributed by atoms with van der Waals surface area (Å²) in [7, 11) is 1.32. The molecule has 1 aliphatic heterocycles. The van der Waals surface area contributed by atoms with Gasteiger partial charge in [-0.15, -0.1) is 0 Å². The second-order valence-electron chi connectivity index (χ2n) is 4.04. The number of hydrogen-bond acceptors (Lipinski definition) is 4. The van der Waals surface area contributed by atoms with Crippen LogP contribution in [0.1, 0.15) is 12.0 Å². The molecule has 1 aromatic heterocycles. The monoisotopic (exact) mass is 252 g/mol. The summed E-state index contributed by atoms with van der Waals surface area (Å²) < 4.78 is 6.31. The summed E-state index contributed by atoms with van der Waals surface area (Å²) in [6, 6.07) is 0. The second-order valence-corrected chi connectivity index (χ2v) is 4.04. The fourth-order valence-electron chi connectivity index (χ4n) is 2.06. The highest BCUT2D eigenvalue weighted by atomic mass is 16.5. The molecule has 1 aromatic rings. The van der Waals surface area contributed by atoms with E-state index in [1.54, 1.807) is 11.1 Å². The summed E-state index contributed by atoms with van der Waals surface area (Å²) in [5.41, 5.74) is 0.957. The van der Waals surface area contributed by atoms with Crippen LogP contribution in [0.5, 0.6) is 0 Å². The highest BCUT2D eigenvalue weighted by Crippen LogP contribution is 2.23. The Labute approximate surface area is 105 Å². The molecule has 0 bridgehead atoms. The normalized spacial score (nSPS) is 13.9. The first-order valence-electron chi connectivity index (χ1n) is 5.84. The average molecular weight is 252 g/mol. The van der Waals surface area contributed by atoms with Gasteiger partial charge in [-0.1, -0.05) is 0 Å². The molecule has 98 valence electrons. The summed E-state index contributed by atoms with van der Waals surface area (Å²) in [5, 5.41) is 6.85. The van der Waals surface area contributed by atoms with Crippen molar-refractivity contribution in [3.05, 3.63) is 11.8 Å². The van der Waals surface area contributed by atoms with Crippen molar-refractivity contribution in [1.82, 2.24) is 15.1 Å². The SMILES string of the molecule is COC(=O)NCCc1cnn2c1N(C=O)CCC2. The third-order valence-electron chi connectivity index (χ3n) is 2.90. The number of aryl methyl sites for hydroxylation is 1. The first kappa shape index (κ1) is 12.4. The molecule has 18 heavy (non-hydrogen) atoms. The number of alkyl carbamates (subject to hydrolysis) is 1. The van der Waals surface area contributed by atoms with Crippen LogP contribution in [0.4, 0.5) is 10.6 Å². The van der Waals surface area contributed by atoms with Gasteiger partial charge in [0.15, 0.2) is 0 Å². The first-order valence-corrected chi connectivity index (χ1v) is 5.84. The van der Waals surface area contributed by atoms with Crippen LogP contribution >= 0.6 is 0 Å². The molecule has 7 heteroatoms. The molecular weight excluding hydrogens is 236 g/mol. The molecule has 7 nitrogen and oxygen atoms in total. The molecule has 0 aliphatic carbocycles. The van der Waals surface area contributed by atoms with Crippen LogP contribution < -0.4 is 10.2 Å². The molecule has 0 unspecified atom stereocenters. The standard InChI is InChI=1S/C11H16N4O3/c1-18-11(17)12-4-3-9-7-13-15-6-2-5-14(8-16)10(9)15/h7-8H,2-6H2,1H3,(H,12,17). The molecule has 2 heterocycles. The van der Waals surface area contributed by atoms with E-state index in [2.05, 4.69) is 15.2 Å². The van der Waals surface area contributed by atoms with Crippen LogP contribution in [0.3, 0.4) is 0 Å². The van der Waals surface area contributed by atoms with Crippen LogP contribution in [0.2, 0.25) is 0 Å². The Balaban J connectivity index is 2.03. The van der Waals surface area contributed by atoms with Crippen molar-refractivity contribution in [3.8, 4) is 0 Å². The highest BCUT2D eigenvalue weighted by molar-refractivity contribution is 5.75. The Morgan fingerprint density at radius 2 is 2.44 bits per heavy atom. The maximum Gasteiger partial charge on any atom is 0.406 e. The Bertz CT molecular complexity index is 443. The molecule has 0 saturated carbocycles. The number of ether oxygens (including phenoxy) is 1.